The lowest BCUT2D eigenvalue weighted by molar-refractivity contribution is -0.00852. The van der Waals surface area contributed by atoms with Gasteiger partial charge in [0.15, 0.2) is 0 Å². The number of benzene rings is 1. The molecule has 0 aromatic heterocycles. The van der Waals surface area contributed by atoms with Crippen LogP contribution in [0.3, 0.4) is 0 Å². The zero-order valence-electron chi connectivity index (χ0n) is 10.5. The molecule has 3 rings (SSSR count). The molecule has 1 spiro atoms. The van der Waals surface area contributed by atoms with E-state index in [1.165, 1.54) is 18.4 Å². The van der Waals surface area contributed by atoms with E-state index >= 15 is 0 Å². The second-order valence-corrected chi connectivity index (χ2v) is 5.82. The van der Waals surface area contributed by atoms with E-state index in [1.54, 1.807) is 0 Å². The van der Waals surface area contributed by atoms with Gasteiger partial charge in [-0.3, -0.25) is 0 Å². The van der Waals surface area contributed by atoms with Gasteiger partial charge in [-0.2, -0.15) is 0 Å². The maximum absolute atomic E-state index is 6.31. The molecule has 1 aromatic rings. The van der Waals surface area contributed by atoms with Crippen LogP contribution in [0.15, 0.2) is 24.3 Å². The predicted molar refractivity (Wildman–Crippen MR) is 69.0 cm³/mol. The predicted octanol–water partition coefficient (Wildman–Crippen LogP) is 3.42. The minimum Gasteiger partial charge on any atom is -0.487 e. The third-order valence-corrected chi connectivity index (χ3v) is 4.42. The summed E-state index contributed by atoms with van der Waals surface area (Å²) < 4.78 is 6.30. The number of ether oxygens (including phenoxy) is 1. The zero-order valence-corrected chi connectivity index (χ0v) is 10.5. The van der Waals surface area contributed by atoms with Crippen LogP contribution in [0.1, 0.15) is 50.6 Å². The fraction of sp³-hybridized carbons (Fsp3) is 0.600. The van der Waals surface area contributed by atoms with Crippen LogP contribution in [0.2, 0.25) is 0 Å². The van der Waals surface area contributed by atoms with E-state index in [2.05, 4.69) is 19.1 Å². The molecule has 1 heterocycles. The van der Waals surface area contributed by atoms with Gasteiger partial charge in [-0.25, -0.2) is 0 Å². The van der Waals surface area contributed by atoms with E-state index in [9.17, 15) is 0 Å². The molecular weight excluding hydrogens is 210 g/mol. The largest absolute Gasteiger partial charge is 0.487 e. The average Bonchev–Trinajstić information content (AvgIpc) is 2.34. The smallest absolute Gasteiger partial charge is 0.124 e. The van der Waals surface area contributed by atoms with Gasteiger partial charge in [0.2, 0.25) is 0 Å². The summed E-state index contributed by atoms with van der Waals surface area (Å²) in [6.45, 7) is 2.34. The van der Waals surface area contributed by atoms with Gasteiger partial charge in [0.1, 0.15) is 11.4 Å². The van der Waals surface area contributed by atoms with Crippen LogP contribution >= 0.6 is 0 Å². The summed E-state index contributed by atoms with van der Waals surface area (Å²) in [6.07, 6.45) is 5.85. The van der Waals surface area contributed by atoms with Gasteiger partial charge in [-0.1, -0.05) is 25.1 Å². The highest BCUT2D eigenvalue weighted by Crippen LogP contribution is 2.46. The Morgan fingerprint density at radius 3 is 2.71 bits per heavy atom. The summed E-state index contributed by atoms with van der Waals surface area (Å²) in [4.78, 5) is 0. The van der Waals surface area contributed by atoms with Crippen LogP contribution in [-0.2, 0) is 0 Å². The van der Waals surface area contributed by atoms with Crippen molar-refractivity contribution < 1.29 is 4.74 Å². The van der Waals surface area contributed by atoms with Crippen LogP contribution in [0.4, 0.5) is 0 Å². The molecule has 0 bridgehead atoms. The topological polar surface area (TPSA) is 35.2 Å². The molecule has 1 saturated carbocycles. The van der Waals surface area contributed by atoms with E-state index < -0.39 is 0 Å². The standard InChI is InChI=1S/C15H21NO/c1-11-6-8-15(9-7-11)10-13(16)12-4-2-3-5-14(12)17-15/h2-5,11,13H,6-10,16H2,1H3/t11?,13-,15?/m1/s1. The van der Waals surface area contributed by atoms with Gasteiger partial charge in [0.25, 0.3) is 0 Å². The first-order valence-electron chi connectivity index (χ1n) is 6.72. The van der Waals surface area contributed by atoms with Crippen molar-refractivity contribution in [2.75, 3.05) is 0 Å². The normalized spacial score (nSPS) is 36.4. The number of hydrogen-bond acceptors (Lipinski definition) is 2. The quantitative estimate of drug-likeness (QED) is 0.742. The van der Waals surface area contributed by atoms with Crippen molar-refractivity contribution >= 4 is 0 Å². The number of rotatable bonds is 0. The minimum atomic E-state index is 0.0281. The molecule has 2 N–H and O–H groups in total. The Bertz CT molecular complexity index is 407. The molecule has 17 heavy (non-hydrogen) atoms. The maximum Gasteiger partial charge on any atom is 0.124 e. The monoisotopic (exact) mass is 231 g/mol. The first kappa shape index (κ1) is 11.1. The van der Waals surface area contributed by atoms with Crippen molar-refractivity contribution in [1.82, 2.24) is 0 Å². The second kappa shape index (κ2) is 4.02. The molecule has 0 saturated heterocycles. The Balaban J connectivity index is 1.88. The third-order valence-electron chi connectivity index (χ3n) is 4.42. The Labute approximate surface area is 103 Å². The highest BCUT2D eigenvalue weighted by Gasteiger charge is 2.41. The fourth-order valence-electron chi connectivity index (χ4n) is 3.26. The van der Waals surface area contributed by atoms with E-state index in [0.717, 1.165) is 30.9 Å². The Morgan fingerprint density at radius 2 is 1.94 bits per heavy atom. The molecule has 1 aromatic carbocycles. The summed E-state index contributed by atoms with van der Waals surface area (Å²) in [5, 5.41) is 0. The molecule has 1 aliphatic heterocycles. The number of fused-ring (bicyclic) bond motifs is 1. The molecule has 0 unspecified atom stereocenters. The summed E-state index contributed by atoms with van der Waals surface area (Å²) in [5.41, 5.74) is 7.51. The lowest BCUT2D eigenvalue weighted by Crippen LogP contribution is -2.45. The molecular formula is C15H21NO. The summed E-state index contributed by atoms with van der Waals surface area (Å²) in [7, 11) is 0. The van der Waals surface area contributed by atoms with Crippen LogP contribution < -0.4 is 10.5 Å². The van der Waals surface area contributed by atoms with Crippen LogP contribution in [0.5, 0.6) is 5.75 Å². The molecule has 0 amide bonds. The fourth-order valence-corrected chi connectivity index (χ4v) is 3.26. The average molecular weight is 231 g/mol. The molecule has 0 radical (unpaired) electrons. The number of nitrogens with two attached hydrogens (primary N) is 1. The molecule has 2 nitrogen and oxygen atoms in total. The van der Waals surface area contributed by atoms with E-state index in [1.807, 2.05) is 12.1 Å². The van der Waals surface area contributed by atoms with Gasteiger partial charge in [-0.05, 0) is 37.7 Å². The number of para-hydroxylation sites is 1. The van der Waals surface area contributed by atoms with E-state index in [4.69, 9.17) is 10.5 Å². The van der Waals surface area contributed by atoms with Gasteiger partial charge in [0.05, 0.1) is 0 Å². The van der Waals surface area contributed by atoms with Crippen LogP contribution in [-0.4, -0.2) is 5.60 Å². The number of hydrogen-bond donors (Lipinski definition) is 1. The Kier molecular flexibility index (Phi) is 2.62. The van der Waals surface area contributed by atoms with Crippen molar-refractivity contribution in [3.8, 4) is 5.75 Å². The van der Waals surface area contributed by atoms with Gasteiger partial charge >= 0.3 is 0 Å². The van der Waals surface area contributed by atoms with Gasteiger partial charge in [0, 0.05) is 18.0 Å². The van der Waals surface area contributed by atoms with Gasteiger partial charge in [-0.15, -0.1) is 0 Å². The van der Waals surface area contributed by atoms with Crippen molar-refractivity contribution in [3.05, 3.63) is 29.8 Å². The highest BCUT2D eigenvalue weighted by molar-refractivity contribution is 5.38. The molecule has 92 valence electrons. The zero-order chi connectivity index (χ0) is 11.9. The molecule has 2 aliphatic rings. The lowest BCUT2D eigenvalue weighted by Gasteiger charge is -2.45. The van der Waals surface area contributed by atoms with Crippen LogP contribution in [0.25, 0.3) is 0 Å². The first-order valence-corrected chi connectivity index (χ1v) is 6.72. The summed E-state index contributed by atoms with van der Waals surface area (Å²) in [5.74, 6) is 1.86. The van der Waals surface area contributed by atoms with Crippen LogP contribution in [0, 0.1) is 5.92 Å². The highest BCUT2D eigenvalue weighted by atomic mass is 16.5. The van der Waals surface area contributed by atoms with Gasteiger partial charge < -0.3 is 10.5 Å². The minimum absolute atomic E-state index is 0.0281. The SMILES string of the molecule is CC1CCC2(CC1)C[C@@H](N)c1ccccc1O2. The summed E-state index contributed by atoms with van der Waals surface area (Å²) in [6, 6.07) is 8.39. The molecule has 1 fully saturated rings. The van der Waals surface area contributed by atoms with Crippen molar-refractivity contribution in [3.63, 3.8) is 0 Å². The lowest BCUT2D eigenvalue weighted by atomic mass is 9.74. The molecule has 2 heteroatoms. The Morgan fingerprint density at radius 1 is 1.24 bits per heavy atom. The van der Waals surface area contributed by atoms with Crippen molar-refractivity contribution in [2.24, 2.45) is 11.7 Å². The van der Waals surface area contributed by atoms with E-state index in [-0.39, 0.29) is 11.6 Å². The van der Waals surface area contributed by atoms with E-state index in [0.29, 0.717) is 0 Å². The third kappa shape index (κ3) is 1.95. The first-order chi connectivity index (χ1) is 8.19. The maximum atomic E-state index is 6.31. The van der Waals surface area contributed by atoms with Crippen molar-refractivity contribution in [1.29, 1.82) is 0 Å². The molecule has 1 aliphatic carbocycles. The Hall–Kier alpha value is -1.02. The summed E-state index contributed by atoms with van der Waals surface area (Å²) >= 11 is 0. The second-order valence-electron chi connectivity index (χ2n) is 5.82. The molecule has 1 atom stereocenters. The van der Waals surface area contributed by atoms with Crippen molar-refractivity contribution in [2.45, 2.75) is 50.7 Å².